The summed E-state index contributed by atoms with van der Waals surface area (Å²) in [6, 6.07) is 9.43. The highest BCUT2D eigenvalue weighted by atomic mass is 32.2. The van der Waals surface area contributed by atoms with E-state index in [0.717, 1.165) is 26.8 Å². The molecule has 1 aromatic carbocycles. The van der Waals surface area contributed by atoms with Crippen LogP contribution in [0.1, 0.15) is 5.69 Å². The molecule has 0 aliphatic rings. The first-order valence-electron chi connectivity index (χ1n) is 8.17. The van der Waals surface area contributed by atoms with Gasteiger partial charge in [0.15, 0.2) is 5.82 Å². The van der Waals surface area contributed by atoms with Crippen molar-refractivity contribution in [3.05, 3.63) is 58.8 Å². The van der Waals surface area contributed by atoms with Crippen LogP contribution in [0.5, 0.6) is 0 Å². The van der Waals surface area contributed by atoms with Gasteiger partial charge >= 0.3 is 0 Å². The van der Waals surface area contributed by atoms with Crippen molar-refractivity contribution in [2.75, 3.05) is 5.32 Å². The highest BCUT2D eigenvalue weighted by Crippen LogP contribution is 2.30. The van der Waals surface area contributed by atoms with Gasteiger partial charge in [-0.15, -0.1) is 0 Å². The summed E-state index contributed by atoms with van der Waals surface area (Å²) in [6.45, 7) is 1.94. The highest BCUT2D eigenvalue weighted by Gasteiger charge is 2.10. The van der Waals surface area contributed by atoms with Crippen molar-refractivity contribution < 1.29 is 0 Å². The van der Waals surface area contributed by atoms with Crippen LogP contribution >= 0.6 is 11.8 Å². The van der Waals surface area contributed by atoms with E-state index in [4.69, 9.17) is 4.98 Å². The van der Waals surface area contributed by atoms with E-state index in [2.05, 4.69) is 30.7 Å². The van der Waals surface area contributed by atoms with Gasteiger partial charge in [0.25, 0.3) is 5.56 Å². The van der Waals surface area contributed by atoms with Crippen LogP contribution in [0.15, 0.2) is 57.4 Å². The second-order valence-corrected chi connectivity index (χ2v) is 7.12. The van der Waals surface area contributed by atoms with E-state index in [-0.39, 0.29) is 5.56 Å². The molecule has 0 amide bonds. The summed E-state index contributed by atoms with van der Waals surface area (Å²) in [5, 5.41) is 17.2. The monoisotopic (exact) mass is 378 g/mol. The minimum Gasteiger partial charge on any atom is -0.308 e. The summed E-state index contributed by atoms with van der Waals surface area (Å²) >= 11 is 1.49. The van der Waals surface area contributed by atoms with Gasteiger partial charge in [0.1, 0.15) is 10.7 Å². The van der Waals surface area contributed by atoms with Gasteiger partial charge < -0.3 is 5.32 Å². The summed E-state index contributed by atoms with van der Waals surface area (Å²) in [7, 11) is 0. The van der Waals surface area contributed by atoms with Crippen molar-refractivity contribution in [2.24, 2.45) is 0 Å². The summed E-state index contributed by atoms with van der Waals surface area (Å²) in [6.07, 6.45) is 3.57. The summed E-state index contributed by atoms with van der Waals surface area (Å²) < 4.78 is 1.86. The Morgan fingerprint density at radius 3 is 2.96 bits per heavy atom. The van der Waals surface area contributed by atoms with Crippen molar-refractivity contribution in [3.8, 4) is 0 Å². The Labute approximate surface area is 156 Å². The Bertz CT molecular complexity index is 1330. The second-order valence-electron chi connectivity index (χ2n) is 6.02. The predicted octanol–water partition coefficient (Wildman–Crippen LogP) is 2.83. The smallest absolute Gasteiger partial charge is 0.271 e. The molecular formula is C17H14N8OS. The molecule has 4 heterocycles. The molecule has 0 saturated heterocycles. The molecule has 4 aromatic heterocycles. The van der Waals surface area contributed by atoms with Crippen LogP contribution in [0.3, 0.4) is 0 Å². The highest BCUT2D eigenvalue weighted by molar-refractivity contribution is 7.99. The minimum absolute atomic E-state index is 0.126. The molecule has 0 fully saturated rings. The average molecular weight is 378 g/mol. The number of aryl methyl sites for hydroxylation is 1. The molecule has 0 saturated carbocycles. The fourth-order valence-corrected chi connectivity index (χ4v) is 3.69. The molecule has 0 aliphatic carbocycles. The van der Waals surface area contributed by atoms with Gasteiger partial charge in [0.05, 0.1) is 10.9 Å². The second kappa shape index (κ2) is 6.02. The van der Waals surface area contributed by atoms with Crippen LogP contribution in [0, 0.1) is 6.92 Å². The third-order valence-electron chi connectivity index (χ3n) is 4.08. The van der Waals surface area contributed by atoms with Gasteiger partial charge in [-0.2, -0.15) is 5.10 Å². The molecule has 5 aromatic rings. The Hall–Kier alpha value is -3.53. The number of nitrogens with one attached hydrogen (secondary N) is 4. The van der Waals surface area contributed by atoms with Crippen molar-refractivity contribution in [3.63, 3.8) is 0 Å². The molecular weight excluding hydrogens is 364 g/mol. The molecule has 0 radical (unpaired) electrons. The molecule has 0 unspecified atom stereocenters. The van der Waals surface area contributed by atoms with Crippen LogP contribution in [-0.4, -0.2) is 34.8 Å². The maximum absolute atomic E-state index is 11.7. The molecule has 134 valence electrons. The van der Waals surface area contributed by atoms with E-state index in [0.29, 0.717) is 17.2 Å². The van der Waals surface area contributed by atoms with E-state index in [1.165, 1.54) is 11.8 Å². The fraction of sp³-hybridized carbons (Fsp3) is 0.0588. The number of H-pyrrole nitrogens is 3. The van der Waals surface area contributed by atoms with E-state index < -0.39 is 0 Å². The Kier molecular flexibility index (Phi) is 3.50. The molecule has 4 N–H and O–H groups in total. The van der Waals surface area contributed by atoms with E-state index in [1.54, 1.807) is 12.3 Å². The average Bonchev–Trinajstić information content (AvgIpc) is 3.36. The zero-order chi connectivity index (χ0) is 18.4. The van der Waals surface area contributed by atoms with E-state index in [9.17, 15) is 4.79 Å². The number of fused-ring (bicyclic) bond motifs is 2. The Morgan fingerprint density at radius 1 is 1.19 bits per heavy atom. The number of hydrogen-bond acceptors (Lipinski definition) is 6. The van der Waals surface area contributed by atoms with Gasteiger partial charge in [-0.05, 0) is 25.1 Å². The van der Waals surface area contributed by atoms with E-state index in [1.807, 2.05) is 41.8 Å². The predicted molar refractivity (Wildman–Crippen MR) is 103 cm³/mol. The number of hydrogen-bond donors (Lipinski definition) is 4. The van der Waals surface area contributed by atoms with Crippen molar-refractivity contribution in [1.29, 1.82) is 0 Å². The zero-order valence-electron chi connectivity index (χ0n) is 14.1. The molecule has 0 atom stereocenters. The minimum atomic E-state index is -0.126. The lowest BCUT2D eigenvalue weighted by atomic mass is 10.2. The summed E-state index contributed by atoms with van der Waals surface area (Å²) in [4.78, 5) is 21.7. The number of aromatic nitrogens is 7. The van der Waals surface area contributed by atoms with Crippen molar-refractivity contribution in [1.82, 2.24) is 34.8 Å². The van der Waals surface area contributed by atoms with Crippen LogP contribution in [0.2, 0.25) is 0 Å². The van der Waals surface area contributed by atoms with Crippen LogP contribution < -0.4 is 10.9 Å². The number of anilines is 2. The largest absolute Gasteiger partial charge is 0.308 e. The quantitative estimate of drug-likeness (QED) is 0.357. The maximum atomic E-state index is 11.7. The van der Waals surface area contributed by atoms with Crippen LogP contribution in [0.4, 0.5) is 11.8 Å². The Morgan fingerprint density at radius 2 is 2.11 bits per heavy atom. The molecule has 0 aliphatic heterocycles. The zero-order valence-corrected chi connectivity index (χ0v) is 15.0. The van der Waals surface area contributed by atoms with Crippen LogP contribution in [-0.2, 0) is 0 Å². The topological polar surface area (TPSA) is 120 Å². The SMILES string of the molecule is Cc1cc(Nc2nc(Sc3ccc4c(=O)[nH][nH]c4c3)cc3nccn23)n[nH]1. The number of rotatable bonds is 4. The molecule has 10 heteroatoms. The van der Waals surface area contributed by atoms with Gasteiger partial charge in [0.2, 0.25) is 5.95 Å². The summed E-state index contributed by atoms with van der Waals surface area (Å²) in [5.41, 5.74) is 2.37. The number of imidazole rings is 1. The lowest BCUT2D eigenvalue weighted by molar-refractivity contribution is 0.999. The fourth-order valence-electron chi connectivity index (χ4n) is 2.84. The first-order valence-corrected chi connectivity index (χ1v) is 8.99. The van der Waals surface area contributed by atoms with Crippen molar-refractivity contribution in [2.45, 2.75) is 16.8 Å². The first-order chi connectivity index (χ1) is 13.2. The number of benzene rings is 1. The third kappa shape index (κ3) is 2.85. The molecule has 27 heavy (non-hydrogen) atoms. The summed E-state index contributed by atoms with van der Waals surface area (Å²) in [5.74, 6) is 1.30. The van der Waals surface area contributed by atoms with Crippen LogP contribution in [0.25, 0.3) is 16.6 Å². The normalized spacial score (nSPS) is 11.4. The lowest BCUT2D eigenvalue weighted by Crippen LogP contribution is -2.02. The molecule has 9 nitrogen and oxygen atoms in total. The van der Waals surface area contributed by atoms with Gasteiger partial charge in [-0.25, -0.2) is 9.97 Å². The first kappa shape index (κ1) is 15.7. The number of aromatic amines is 3. The van der Waals surface area contributed by atoms with Gasteiger partial charge in [-0.3, -0.25) is 24.5 Å². The number of nitrogens with zero attached hydrogens (tertiary/aromatic N) is 4. The molecule has 0 bridgehead atoms. The van der Waals surface area contributed by atoms with Crippen molar-refractivity contribution >= 4 is 40.1 Å². The van der Waals surface area contributed by atoms with E-state index >= 15 is 0 Å². The lowest BCUT2D eigenvalue weighted by Gasteiger charge is -2.08. The molecule has 0 spiro atoms. The van der Waals surface area contributed by atoms with Gasteiger partial charge in [0, 0.05) is 35.1 Å². The Balaban J connectivity index is 1.53. The third-order valence-corrected chi connectivity index (χ3v) is 4.99. The standard InChI is InChI=1S/C17H14N8OS/c1-9-6-13(23-21-9)19-17-20-15(8-14-18-4-5-25(14)17)27-10-2-3-11-12(7-10)22-24-16(11)26/h2-8H,1H3,(H2,22,24,26)(H2,19,20,21,23). The van der Waals surface area contributed by atoms with Gasteiger partial charge in [-0.1, -0.05) is 11.8 Å². The maximum Gasteiger partial charge on any atom is 0.271 e. The molecule has 5 rings (SSSR count).